The fraction of sp³-hybridized carbons (Fsp3) is 0.583. The number of rotatable bonds is 4. The van der Waals surface area contributed by atoms with Crippen molar-refractivity contribution in [2.24, 2.45) is 5.92 Å². The zero-order valence-corrected chi connectivity index (χ0v) is 18.8. The summed E-state index contributed by atoms with van der Waals surface area (Å²) in [7, 11) is 0. The average Bonchev–Trinajstić information content (AvgIpc) is 3.11. The molecule has 8 nitrogen and oxygen atoms in total. The number of benzene rings is 1. The lowest BCUT2D eigenvalue weighted by Crippen LogP contribution is -2.47. The van der Waals surface area contributed by atoms with E-state index in [1.807, 2.05) is 4.90 Å². The first kappa shape index (κ1) is 22.3. The van der Waals surface area contributed by atoms with Gasteiger partial charge in [-0.25, -0.2) is 4.79 Å². The van der Waals surface area contributed by atoms with Crippen LogP contribution in [-0.4, -0.2) is 56.9 Å². The first-order chi connectivity index (χ1) is 15.5. The van der Waals surface area contributed by atoms with Crippen molar-refractivity contribution < 1.29 is 9.59 Å². The average molecular weight is 441 g/mol. The number of likely N-dealkylation sites (tertiary alicyclic amines) is 2. The summed E-state index contributed by atoms with van der Waals surface area (Å²) in [6, 6.07) is 6.91. The summed E-state index contributed by atoms with van der Waals surface area (Å²) in [6.45, 7) is 4.62. The third-order valence-electron chi connectivity index (χ3n) is 6.86. The number of para-hydroxylation sites is 1. The van der Waals surface area contributed by atoms with Crippen LogP contribution in [0.15, 0.2) is 33.9 Å². The van der Waals surface area contributed by atoms with Gasteiger partial charge < -0.3 is 9.80 Å². The van der Waals surface area contributed by atoms with Gasteiger partial charge in [-0.3, -0.25) is 23.5 Å². The summed E-state index contributed by atoms with van der Waals surface area (Å²) >= 11 is 0. The Hall–Kier alpha value is -2.90. The number of hydrogen-bond donors (Lipinski definition) is 0. The molecule has 0 atom stereocenters. The highest BCUT2D eigenvalue weighted by molar-refractivity contribution is 5.82. The Morgan fingerprint density at radius 2 is 1.53 bits per heavy atom. The van der Waals surface area contributed by atoms with E-state index in [0.717, 1.165) is 25.9 Å². The smallest absolute Gasteiger partial charge is 0.331 e. The number of hydrogen-bond acceptors (Lipinski definition) is 4. The van der Waals surface area contributed by atoms with E-state index in [0.29, 0.717) is 36.8 Å². The molecule has 2 aliphatic heterocycles. The molecule has 8 heteroatoms. The van der Waals surface area contributed by atoms with Gasteiger partial charge in [0.05, 0.1) is 10.9 Å². The van der Waals surface area contributed by atoms with E-state index < -0.39 is 5.69 Å². The quantitative estimate of drug-likeness (QED) is 0.726. The lowest BCUT2D eigenvalue weighted by Gasteiger charge is -2.34. The monoisotopic (exact) mass is 440 g/mol. The molecule has 4 rings (SSSR count). The van der Waals surface area contributed by atoms with Crippen LogP contribution in [0.5, 0.6) is 0 Å². The second-order valence-electron chi connectivity index (χ2n) is 8.83. The Kier molecular flexibility index (Phi) is 6.77. The maximum atomic E-state index is 13.1. The second kappa shape index (κ2) is 9.71. The molecule has 0 spiro atoms. The van der Waals surface area contributed by atoms with Crippen molar-refractivity contribution in [1.82, 2.24) is 18.9 Å². The first-order valence-electron chi connectivity index (χ1n) is 11.8. The van der Waals surface area contributed by atoms with Gasteiger partial charge >= 0.3 is 5.69 Å². The van der Waals surface area contributed by atoms with E-state index in [9.17, 15) is 19.2 Å². The number of amides is 2. The largest absolute Gasteiger partial charge is 0.342 e. The molecule has 3 heterocycles. The molecule has 2 fully saturated rings. The Balaban J connectivity index is 1.46. The van der Waals surface area contributed by atoms with Crippen LogP contribution in [-0.2, 0) is 22.7 Å². The van der Waals surface area contributed by atoms with Gasteiger partial charge in [0.15, 0.2) is 0 Å². The molecular formula is C24H32N4O4. The summed E-state index contributed by atoms with van der Waals surface area (Å²) < 4.78 is 2.57. The van der Waals surface area contributed by atoms with Gasteiger partial charge in [0.25, 0.3) is 5.56 Å². The van der Waals surface area contributed by atoms with E-state index >= 15 is 0 Å². The summed E-state index contributed by atoms with van der Waals surface area (Å²) in [5, 5.41) is 0.434. The van der Waals surface area contributed by atoms with E-state index in [1.165, 1.54) is 22.0 Å². The Morgan fingerprint density at radius 3 is 2.19 bits per heavy atom. The highest BCUT2D eigenvalue weighted by atomic mass is 16.2. The predicted molar refractivity (Wildman–Crippen MR) is 122 cm³/mol. The van der Waals surface area contributed by atoms with Gasteiger partial charge in [0.1, 0.15) is 6.54 Å². The van der Waals surface area contributed by atoms with Crippen molar-refractivity contribution in [2.45, 2.75) is 58.5 Å². The number of fused-ring (bicyclic) bond motifs is 1. The maximum Gasteiger partial charge on any atom is 0.331 e. The predicted octanol–water partition coefficient (Wildman–Crippen LogP) is 1.82. The molecule has 2 aliphatic rings. The van der Waals surface area contributed by atoms with Gasteiger partial charge in [-0.05, 0) is 44.7 Å². The number of aromatic nitrogens is 2. The fourth-order valence-corrected chi connectivity index (χ4v) is 4.96. The third kappa shape index (κ3) is 4.36. The number of piperidine rings is 1. The first-order valence-corrected chi connectivity index (χ1v) is 11.8. The van der Waals surface area contributed by atoms with Crippen molar-refractivity contribution >= 4 is 22.7 Å². The van der Waals surface area contributed by atoms with E-state index in [2.05, 4.69) is 0 Å². The Labute approximate surface area is 187 Å². The fourth-order valence-electron chi connectivity index (χ4n) is 4.96. The van der Waals surface area contributed by atoms with Crippen LogP contribution in [0.25, 0.3) is 10.9 Å². The van der Waals surface area contributed by atoms with Gasteiger partial charge in [-0.2, -0.15) is 0 Å². The van der Waals surface area contributed by atoms with Crippen LogP contribution >= 0.6 is 0 Å². The molecular weight excluding hydrogens is 408 g/mol. The van der Waals surface area contributed by atoms with Crippen LogP contribution in [0, 0.1) is 5.92 Å². The third-order valence-corrected chi connectivity index (χ3v) is 6.86. The summed E-state index contributed by atoms with van der Waals surface area (Å²) in [4.78, 5) is 55.2. The molecule has 0 saturated carbocycles. The molecule has 2 aromatic rings. The zero-order chi connectivity index (χ0) is 22.7. The Bertz CT molecular complexity index is 1100. The normalized spacial score (nSPS) is 18.0. The van der Waals surface area contributed by atoms with Crippen LogP contribution < -0.4 is 11.2 Å². The SMILES string of the molecule is CCn1c(=O)c2ccccc2n(CC(=O)N2CCC(C(=O)N3CCCCCC3)CC2)c1=O. The molecule has 172 valence electrons. The topological polar surface area (TPSA) is 84.6 Å². The van der Waals surface area contributed by atoms with Crippen LogP contribution in [0.1, 0.15) is 45.4 Å². The van der Waals surface area contributed by atoms with Crippen molar-refractivity contribution in [3.63, 3.8) is 0 Å². The molecule has 0 bridgehead atoms. The van der Waals surface area contributed by atoms with Crippen LogP contribution in [0.4, 0.5) is 0 Å². The lowest BCUT2D eigenvalue weighted by atomic mass is 9.95. The molecule has 32 heavy (non-hydrogen) atoms. The molecule has 0 N–H and O–H groups in total. The van der Waals surface area contributed by atoms with Gasteiger partial charge in [0, 0.05) is 38.6 Å². The minimum atomic E-state index is -0.462. The minimum Gasteiger partial charge on any atom is -0.342 e. The van der Waals surface area contributed by atoms with Gasteiger partial charge in [-0.15, -0.1) is 0 Å². The highest BCUT2D eigenvalue weighted by Gasteiger charge is 2.30. The van der Waals surface area contributed by atoms with Crippen LogP contribution in [0.2, 0.25) is 0 Å². The van der Waals surface area contributed by atoms with Gasteiger partial charge in [0.2, 0.25) is 11.8 Å². The van der Waals surface area contributed by atoms with Gasteiger partial charge in [-0.1, -0.05) is 25.0 Å². The van der Waals surface area contributed by atoms with E-state index in [4.69, 9.17) is 0 Å². The number of nitrogens with zero attached hydrogens (tertiary/aromatic N) is 4. The standard InChI is InChI=1S/C24H32N4O4/c1-2-27-23(31)19-9-5-6-10-20(19)28(24(27)32)17-21(29)25-15-11-18(12-16-25)22(30)26-13-7-3-4-8-14-26/h5-6,9-10,18H,2-4,7-8,11-17H2,1H3. The van der Waals surface area contributed by atoms with Crippen LogP contribution in [0.3, 0.4) is 0 Å². The van der Waals surface area contributed by atoms with Crippen molar-refractivity contribution in [1.29, 1.82) is 0 Å². The van der Waals surface area contributed by atoms with Crippen molar-refractivity contribution in [3.8, 4) is 0 Å². The summed E-state index contributed by atoms with van der Waals surface area (Å²) in [6.07, 6.45) is 5.85. The second-order valence-corrected chi connectivity index (χ2v) is 8.83. The Morgan fingerprint density at radius 1 is 0.875 bits per heavy atom. The van der Waals surface area contributed by atoms with E-state index in [1.54, 1.807) is 36.1 Å². The van der Waals surface area contributed by atoms with Crippen molar-refractivity contribution in [2.75, 3.05) is 26.2 Å². The number of carbonyl (C=O) groups is 2. The van der Waals surface area contributed by atoms with E-state index in [-0.39, 0.29) is 36.4 Å². The molecule has 0 aliphatic carbocycles. The minimum absolute atomic E-state index is 0.0253. The zero-order valence-electron chi connectivity index (χ0n) is 18.8. The number of carbonyl (C=O) groups excluding carboxylic acids is 2. The summed E-state index contributed by atoms with van der Waals surface area (Å²) in [5.41, 5.74) is -0.313. The molecule has 1 aromatic carbocycles. The maximum absolute atomic E-state index is 13.1. The molecule has 0 unspecified atom stereocenters. The lowest BCUT2D eigenvalue weighted by molar-refractivity contribution is -0.141. The molecule has 2 saturated heterocycles. The molecule has 2 amide bonds. The van der Waals surface area contributed by atoms with Crippen molar-refractivity contribution in [3.05, 3.63) is 45.1 Å². The highest BCUT2D eigenvalue weighted by Crippen LogP contribution is 2.22. The molecule has 1 aromatic heterocycles. The summed E-state index contributed by atoms with van der Waals surface area (Å²) in [5.74, 6) is 0.0539. The molecule has 0 radical (unpaired) electrons.